The van der Waals surface area contributed by atoms with Crippen LogP contribution in [0.4, 0.5) is 0 Å². The van der Waals surface area contributed by atoms with E-state index >= 15 is 0 Å². The van der Waals surface area contributed by atoms with Crippen molar-refractivity contribution >= 4 is 53.6 Å². The van der Waals surface area contributed by atoms with Crippen LogP contribution < -0.4 is 0 Å². The number of carbonyl (C=O) groups excluding carboxylic acids is 1. The molecule has 0 aliphatic rings. The summed E-state index contributed by atoms with van der Waals surface area (Å²) in [5, 5.41) is 9.52. The lowest BCUT2D eigenvalue weighted by atomic mass is 9.99. The summed E-state index contributed by atoms with van der Waals surface area (Å²) >= 11 is 10.1. The summed E-state index contributed by atoms with van der Waals surface area (Å²) < 4.78 is 0.732. The van der Waals surface area contributed by atoms with Gasteiger partial charge in [-0.05, 0) is 48.0 Å². The summed E-state index contributed by atoms with van der Waals surface area (Å²) in [4.78, 5) is 12.5. The van der Waals surface area contributed by atoms with E-state index in [9.17, 15) is 9.90 Å². The highest BCUT2D eigenvalue weighted by Gasteiger charge is 2.17. The van der Waals surface area contributed by atoms with E-state index < -0.39 is 0 Å². The van der Waals surface area contributed by atoms with Crippen LogP contribution in [0.1, 0.15) is 25.2 Å². The number of benzene rings is 2. The molecule has 2 rings (SSSR count). The van der Waals surface area contributed by atoms with Crippen molar-refractivity contribution in [3.05, 3.63) is 63.6 Å². The summed E-state index contributed by atoms with van der Waals surface area (Å²) in [6, 6.07) is 11.9. The van der Waals surface area contributed by atoms with Gasteiger partial charge in [-0.25, -0.2) is 0 Å². The zero-order valence-corrected chi connectivity index (χ0v) is 14.4. The van der Waals surface area contributed by atoms with Crippen molar-refractivity contribution in [1.29, 1.82) is 0 Å². The van der Waals surface area contributed by atoms with Crippen molar-refractivity contribution in [3.63, 3.8) is 0 Å². The van der Waals surface area contributed by atoms with E-state index in [0.717, 1.165) is 4.47 Å². The molecular weight excluding hydrogens is 440 g/mol. The molecule has 0 bridgehead atoms. The molecular formula is C14H9Br3O2. The molecule has 98 valence electrons. The molecule has 0 aliphatic heterocycles. The van der Waals surface area contributed by atoms with Gasteiger partial charge in [-0.1, -0.05) is 47.8 Å². The molecule has 0 aromatic heterocycles. The molecule has 1 N–H and O–H groups in total. The number of phenols is 1. The number of hydrogen-bond donors (Lipinski definition) is 1. The topological polar surface area (TPSA) is 37.3 Å². The minimum absolute atomic E-state index is 0.0774. The Labute approximate surface area is 136 Å². The van der Waals surface area contributed by atoms with E-state index in [1.165, 1.54) is 6.07 Å². The fourth-order valence-corrected chi connectivity index (χ4v) is 2.72. The van der Waals surface area contributed by atoms with Crippen molar-refractivity contribution in [2.75, 3.05) is 0 Å². The molecule has 0 saturated carbocycles. The van der Waals surface area contributed by atoms with Gasteiger partial charge in [0.15, 0.2) is 5.78 Å². The van der Waals surface area contributed by atoms with E-state index in [2.05, 4.69) is 47.8 Å². The van der Waals surface area contributed by atoms with Crippen molar-refractivity contribution < 1.29 is 9.90 Å². The van der Waals surface area contributed by atoms with Crippen LogP contribution in [0, 0.1) is 0 Å². The number of carbonyl (C=O) groups is 1. The third-order valence-electron chi connectivity index (χ3n) is 2.62. The molecule has 2 aromatic rings. The summed E-state index contributed by atoms with van der Waals surface area (Å²) in [6.45, 7) is 0. The Hall–Kier alpha value is -0.650. The van der Waals surface area contributed by atoms with Crippen molar-refractivity contribution in [1.82, 2.24) is 0 Å². The minimum Gasteiger partial charge on any atom is -0.508 e. The predicted octanol–water partition coefficient (Wildman–Crippen LogP) is 5.17. The van der Waals surface area contributed by atoms with Crippen LogP contribution in [-0.4, -0.2) is 10.9 Å². The van der Waals surface area contributed by atoms with Crippen LogP contribution in [0.25, 0.3) is 0 Å². The SMILES string of the molecule is O=C(c1ccc(Br)cc1)c1ccc(O)cc1C(Br)Br. The predicted molar refractivity (Wildman–Crippen MR) is 86.3 cm³/mol. The van der Waals surface area contributed by atoms with Gasteiger partial charge in [0.25, 0.3) is 0 Å². The molecule has 2 aromatic carbocycles. The number of halogens is 3. The standard InChI is InChI=1S/C14H9Br3O2/c15-9-3-1-8(2-4-9)13(19)11-6-5-10(18)7-12(11)14(16)17/h1-7,14,18H. The fraction of sp³-hybridized carbons (Fsp3) is 0.0714. The van der Waals surface area contributed by atoms with E-state index in [1.54, 1.807) is 24.3 Å². The van der Waals surface area contributed by atoms with Crippen LogP contribution in [0.2, 0.25) is 0 Å². The first-order chi connectivity index (χ1) is 8.99. The first-order valence-corrected chi connectivity index (χ1v) is 8.03. The molecule has 5 heteroatoms. The first kappa shape index (κ1) is 14.8. The molecule has 0 amide bonds. The van der Waals surface area contributed by atoms with E-state index in [4.69, 9.17) is 0 Å². The third-order valence-corrected chi connectivity index (χ3v) is 4.14. The van der Waals surface area contributed by atoms with Gasteiger partial charge in [-0.2, -0.15) is 0 Å². The Kier molecular flexibility index (Phi) is 4.81. The maximum Gasteiger partial charge on any atom is 0.193 e. The minimum atomic E-state index is -0.193. The number of alkyl halides is 2. The highest BCUT2D eigenvalue weighted by Crippen LogP contribution is 2.34. The molecule has 0 atom stereocenters. The van der Waals surface area contributed by atoms with Crippen LogP contribution in [0.3, 0.4) is 0 Å². The lowest BCUT2D eigenvalue weighted by Gasteiger charge is -2.10. The van der Waals surface area contributed by atoms with Crippen molar-refractivity contribution in [2.24, 2.45) is 0 Å². The molecule has 0 saturated heterocycles. The summed E-state index contributed by atoms with van der Waals surface area (Å²) in [7, 11) is 0. The maximum atomic E-state index is 12.5. The number of hydrogen-bond acceptors (Lipinski definition) is 2. The Balaban J connectivity index is 2.46. The van der Waals surface area contributed by atoms with Crippen LogP contribution in [-0.2, 0) is 0 Å². The molecule has 0 fully saturated rings. The number of phenolic OH excluding ortho intramolecular Hbond substituents is 1. The second-order valence-corrected chi connectivity index (χ2v) is 7.88. The van der Waals surface area contributed by atoms with E-state index in [1.807, 2.05) is 12.1 Å². The molecule has 0 heterocycles. The Morgan fingerprint density at radius 2 is 1.68 bits per heavy atom. The molecule has 0 unspecified atom stereocenters. The van der Waals surface area contributed by atoms with Gasteiger partial charge in [0.2, 0.25) is 0 Å². The van der Waals surface area contributed by atoms with Gasteiger partial charge in [-0.3, -0.25) is 4.79 Å². The molecule has 2 nitrogen and oxygen atoms in total. The molecule has 0 aliphatic carbocycles. The lowest BCUT2D eigenvalue weighted by Crippen LogP contribution is -2.05. The second-order valence-electron chi connectivity index (χ2n) is 3.91. The summed E-state index contributed by atoms with van der Waals surface area (Å²) in [5.41, 5.74) is 1.86. The van der Waals surface area contributed by atoms with Gasteiger partial charge in [0.05, 0.1) is 3.74 Å². The van der Waals surface area contributed by atoms with E-state index in [0.29, 0.717) is 16.7 Å². The summed E-state index contributed by atoms with van der Waals surface area (Å²) in [6.07, 6.45) is 0. The third kappa shape index (κ3) is 3.46. The lowest BCUT2D eigenvalue weighted by molar-refractivity contribution is 0.103. The van der Waals surface area contributed by atoms with Crippen LogP contribution >= 0.6 is 47.8 Å². The van der Waals surface area contributed by atoms with Gasteiger partial charge in [0, 0.05) is 15.6 Å². The zero-order valence-electron chi connectivity index (χ0n) is 9.61. The fourth-order valence-electron chi connectivity index (χ4n) is 1.69. The second kappa shape index (κ2) is 6.20. The van der Waals surface area contributed by atoms with Gasteiger partial charge >= 0.3 is 0 Å². The highest BCUT2D eigenvalue weighted by molar-refractivity contribution is 9.24. The van der Waals surface area contributed by atoms with Crippen molar-refractivity contribution in [2.45, 2.75) is 3.74 Å². The molecule has 0 spiro atoms. The molecule has 19 heavy (non-hydrogen) atoms. The normalized spacial score (nSPS) is 10.7. The Morgan fingerprint density at radius 1 is 1.05 bits per heavy atom. The smallest absolute Gasteiger partial charge is 0.193 e. The first-order valence-electron chi connectivity index (χ1n) is 5.40. The van der Waals surface area contributed by atoms with Crippen LogP contribution in [0.15, 0.2) is 46.9 Å². The summed E-state index contributed by atoms with van der Waals surface area (Å²) in [5.74, 6) is 0.0534. The number of ketones is 1. The van der Waals surface area contributed by atoms with Crippen molar-refractivity contribution in [3.8, 4) is 5.75 Å². The van der Waals surface area contributed by atoms with E-state index in [-0.39, 0.29) is 15.3 Å². The Morgan fingerprint density at radius 3 is 2.26 bits per heavy atom. The number of rotatable bonds is 3. The average Bonchev–Trinajstić information content (AvgIpc) is 2.38. The Bertz CT molecular complexity index is 607. The van der Waals surface area contributed by atoms with Gasteiger partial charge in [-0.15, -0.1) is 0 Å². The zero-order chi connectivity index (χ0) is 14.0. The van der Waals surface area contributed by atoms with Gasteiger partial charge < -0.3 is 5.11 Å². The number of aromatic hydroxyl groups is 1. The van der Waals surface area contributed by atoms with Crippen LogP contribution in [0.5, 0.6) is 5.75 Å². The maximum absolute atomic E-state index is 12.5. The highest BCUT2D eigenvalue weighted by atomic mass is 79.9. The quantitative estimate of drug-likeness (QED) is 0.519. The van der Waals surface area contributed by atoms with Gasteiger partial charge in [0.1, 0.15) is 5.75 Å². The monoisotopic (exact) mass is 446 g/mol. The molecule has 0 radical (unpaired) electrons. The largest absolute Gasteiger partial charge is 0.508 e. The average molecular weight is 449 g/mol.